The van der Waals surface area contributed by atoms with Crippen molar-refractivity contribution in [2.75, 3.05) is 4.90 Å². The number of para-hydroxylation sites is 2. The summed E-state index contributed by atoms with van der Waals surface area (Å²) >= 11 is 1.02. The molecule has 0 spiro atoms. The zero-order valence-electron chi connectivity index (χ0n) is 16.9. The van der Waals surface area contributed by atoms with Crippen LogP contribution >= 0.6 is 11.3 Å². The van der Waals surface area contributed by atoms with Gasteiger partial charge in [0.25, 0.3) is 5.91 Å². The smallest absolute Gasteiger partial charge is 0.274 e. The summed E-state index contributed by atoms with van der Waals surface area (Å²) < 4.78 is 40.1. The highest BCUT2D eigenvalue weighted by molar-refractivity contribution is 7.22. The van der Waals surface area contributed by atoms with Gasteiger partial charge in [0.15, 0.2) is 22.4 Å². The number of amides is 1. The maximum absolute atomic E-state index is 14.3. The molecule has 0 N–H and O–H groups in total. The van der Waals surface area contributed by atoms with Gasteiger partial charge in [-0.2, -0.15) is 0 Å². The molecule has 2 atom stereocenters. The number of rotatable bonds is 4. The fourth-order valence-corrected chi connectivity index (χ4v) is 4.51. The minimum atomic E-state index is -0.956. The molecule has 5 rings (SSSR count). The Kier molecular flexibility index (Phi) is 5.18. The molecule has 0 aliphatic carbocycles. The first-order chi connectivity index (χ1) is 15.5. The van der Waals surface area contributed by atoms with Crippen molar-refractivity contribution in [2.45, 2.75) is 25.7 Å². The Morgan fingerprint density at radius 1 is 1.09 bits per heavy atom. The fraction of sp³-hybridized carbons (Fsp3) is 0.174. The van der Waals surface area contributed by atoms with E-state index >= 15 is 0 Å². The molecule has 0 saturated heterocycles. The second-order valence-corrected chi connectivity index (χ2v) is 8.29. The van der Waals surface area contributed by atoms with E-state index in [9.17, 15) is 13.6 Å². The highest BCUT2D eigenvalue weighted by Gasteiger charge is 2.38. The molecule has 3 heterocycles. The van der Waals surface area contributed by atoms with Gasteiger partial charge in [-0.15, -0.1) is 0 Å². The maximum atomic E-state index is 14.3. The second kappa shape index (κ2) is 8.16. The summed E-state index contributed by atoms with van der Waals surface area (Å²) in [4.78, 5) is 23.6. The quantitative estimate of drug-likeness (QED) is 0.447. The molecule has 0 bridgehead atoms. The molecule has 4 aromatic rings. The van der Waals surface area contributed by atoms with E-state index in [0.717, 1.165) is 17.4 Å². The second-order valence-electron chi connectivity index (χ2n) is 7.28. The average molecular weight is 453 g/mol. The van der Waals surface area contributed by atoms with Crippen LogP contribution in [0.15, 0.2) is 60.8 Å². The Bertz CT molecular complexity index is 1300. The summed E-state index contributed by atoms with van der Waals surface area (Å²) in [5, 5.41) is 0.217. The Hall–Kier alpha value is -3.59. The van der Waals surface area contributed by atoms with Gasteiger partial charge in [0.2, 0.25) is 6.10 Å². The molecule has 32 heavy (non-hydrogen) atoms. The lowest BCUT2D eigenvalue weighted by molar-refractivity contribution is -0.130. The monoisotopic (exact) mass is 453 g/mol. The van der Waals surface area contributed by atoms with Crippen LogP contribution < -0.4 is 14.4 Å². The topological polar surface area (TPSA) is 64.6 Å². The van der Waals surface area contributed by atoms with Gasteiger partial charge in [-0.05, 0) is 37.3 Å². The lowest BCUT2D eigenvalue weighted by Gasteiger charge is -2.33. The fourth-order valence-electron chi connectivity index (χ4n) is 3.50. The number of thiazole rings is 1. The van der Waals surface area contributed by atoms with E-state index in [2.05, 4.69) is 9.97 Å². The summed E-state index contributed by atoms with van der Waals surface area (Å²) in [6.45, 7) is 1.82. The number of nitrogens with zero attached hydrogens (tertiary/aromatic N) is 3. The summed E-state index contributed by atoms with van der Waals surface area (Å²) in [7, 11) is 0. The largest absolute Gasteiger partial charge is 0.482 e. The molecule has 2 aromatic carbocycles. The van der Waals surface area contributed by atoms with Crippen molar-refractivity contribution in [1.29, 1.82) is 0 Å². The van der Waals surface area contributed by atoms with Crippen molar-refractivity contribution in [2.24, 2.45) is 0 Å². The molecule has 162 valence electrons. The highest BCUT2D eigenvalue weighted by Crippen LogP contribution is 2.36. The number of ether oxygens (including phenoxy) is 2. The van der Waals surface area contributed by atoms with Crippen LogP contribution in [-0.4, -0.2) is 28.1 Å². The third kappa shape index (κ3) is 3.75. The first-order valence-electron chi connectivity index (χ1n) is 9.89. The van der Waals surface area contributed by atoms with Crippen LogP contribution in [0.2, 0.25) is 0 Å². The van der Waals surface area contributed by atoms with Gasteiger partial charge in [-0.1, -0.05) is 29.5 Å². The molecule has 6 nitrogen and oxygen atoms in total. The van der Waals surface area contributed by atoms with Crippen LogP contribution in [0.5, 0.6) is 11.5 Å². The minimum Gasteiger partial charge on any atom is -0.482 e. The number of anilines is 1. The van der Waals surface area contributed by atoms with Gasteiger partial charge in [0.05, 0.1) is 16.9 Å². The number of carbonyl (C=O) groups excluding carboxylic acids is 1. The summed E-state index contributed by atoms with van der Waals surface area (Å²) in [6, 6.07) is 14.4. The summed E-state index contributed by atoms with van der Waals surface area (Å²) in [6.07, 6.45) is 0.0826. The Labute approximate surface area is 186 Å². The van der Waals surface area contributed by atoms with Gasteiger partial charge in [-0.3, -0.25) is 14.7 Å². The third-order valence-electron chi connectivity index (χ3n) is 5.03. The molecule has 1 aliphatic rings. The average Bonchev–Trinajstić information content (AvgIpc) is 3.21. The molecule has 2 aromatic heterocycles. The van der Waals surface area contributed by atoms with Crippen molar-refractivity contribution in [1.82, 2.24) is 9.97 Å². The van der Waals surface area contributed by atoms with Crippen molar-refractivity contribution in [3.63, 3.8) is 0 Å². The molecule has 0 fully saturated rings. The molecule has 0 saturated carbocycles. The highest BCUT2D eigenvalue weighted by atomic mass is 32.1. The van der Waals surface area contributed by atoms with Gasteiger partial charge in [-0.25, -0.2) is 13.8 Å². The minimum absolute atomic E-state index is 0.00410. The number of carbonyl (C=O) groups is 1. The van der Waals surface area contributed by atoms with Crippen LogP contribution in [0, 0.1) is 11.6 Å². The van der Waals surface area contributed by atoms with Crippen molar-refractivity contribution in [3.8, 4) is 11.5 Å². The van der Waals surface area contributed by atoms with E-state index in [1.165, 1.54) is 11.0 Å². The molecule has 1 aliphatic heterocycles. The lowest BCUT2D eigenvalue weighted by atomic mass is 10.1. The zero-order valence-corrected chi connectivity index (χ0v) is 17.7. The summed E-state index contributed by atoms with van der Waals surface area (Å²) in [5.74, 6) is -0.899. The van der Waals surface area contributed by atoms with Crippen LogP contribution in [0.25, 0.3) is 10.2 Å². The first-order valence-corrected chi connectivity index (χ1v) is 10.7. The molecule has 9 heteroatoms. The van der Waals surface area contributed by atoms with E-state index < -0.39 is 29.7 Å². The number of halogens is 2. The zero-order chi connectivity index (χ0) is 22.2. The number of hydrogen-bond acceptors (Lipinski definition) is 6. The number of pyridine rings is 1. The van der Waals surface area contributed by atoms with E-state index in [0.29, 0.717) is 21.9 Å². The number of fused-ring (bicyclic) bond motifs is 2. The van der Waals surface area contributed by atoms with Crippen molar-refractivity contribution < 1.29 is 23.0 Å². The van der Waals surface area contributed by atoms with E-state index in [1.807, 2.05) is 6.07 Å². The van der Waals surface area contributed by atoms with Crippen molar-refractivity contribution >= 4 is 32.6 Å². The van der Waals surface area contributed by atoms with Crippen LogP contribution in [0.3, 0.4) is 0 Å². The van der Waals surface area contributed by atoms with Gasteiger partial charge in [0, 0.05) is 12.3 Å². The van der Waals surface area contributed by atoms with E-state index in [4.69, 9.17) is 9.47 Å². The third-order valence-corrected chi connectivity index (χ3v) is 6.06. The van der Waals surface area contributed by atoms with Crippen LogP contribution in [-0.2, 0) is 11.3 Å². The van der Waals surface area contributed by atoms with Gasteiger partial charge < -0.3 is 9.47 Å². The van der Waals surface area contributed by atoms with E-state index in [1.54, 1.807) is 49.5 Å². The van der Waals surface area contributed by atoms with Gasteiger partial charge >= 0.3 is 0 Å². The molecule has 2 unspecified atom stereocenters. The Morgan fingerprint density at radius 2 is 1.84 bits per heavy atom. The lowest BCUT2D eigenvalue weighted by Crippen LogP contribution is -2.50. The predicted octanol–water partition coefficient (Wildman–Crippen LogP) is 4.73. The van der Waals surface area contributed by atoms with Crippen LogP contribution in [0.1, 0.15) is 12.6 Å². The van der Waals surface area contributed by atoms with E-state index in [-0.39, 0.29) is 17.2 Å². The normalized spacial score (nSPS) is 17.3. The summed E-state index contributed by atoms with van der Waals surface area (Å²) in [5.41, 5.74) is 0.612. The first kappa shape index (κ1) is 20.3. The van der Waals surface area contributed by atoms with Crippen molar-refractivity contribution in [3.05, 3.63) is 78.1 Å². The SMILES string of the molecule is CC1Oc2ccccc2OC1C(=O)N(Cc1ccccn1)c1nc2c(F)cc(F)cc2s1. The molecular formula is C23H17F2N3O3S. The molecular weight excluding hydrogens is 436 g/mol. The standard InChI is InChI=1S/C23H17F2N3O3S/c1-13-21(31-18-8-3-2-7-17(18)30-13)22(29)28(12-15-6-4-5-9-26-15)23-27-20-16(25)10-14(24)11-19(20)32-23/h2-11,13,21H,12H2,1H3. The Morgan fingerprint density at radius 3 is 2.59 bits per heavy atom. The molecule has 0 radical (unpaired) electrons. The number of aromatic nitrogens is 2. The number of benzene rings is 2. The Balaban J connectivity index is 1.54. The van der Waals surface area contributed by atoms with Crippen LogP contribution in [0.4, 0.5) is 13.9 Å². The van der Waals surface area contributed by atoms with Gasteiger partial charge in [0.1, 0.15) is 17.4 Å². The maximum Gasteiger partial charge on any atom is 0.274 e. The molecule has 1 amide bonds. The number of hydrogen-bond donors (Lipinski definition) is 0. The predicted molar refractivity (Wildman–Crippen MR) is 116 cm³/mol.